The molecule has 0 radical (unpaired) electrons. The molecule has 0 aliphatic carbocycles. The van der Waals surface area contributed by atoms with Crippen molar-refractivity contribution in [2.24, 2.45) is 0 Å². The number of hydrogen-bond donors (Lipinski definition) is 0. The molecule has 1 heterocycles. The summed E-state index contributed by atoms with van der Waals surface area (Å²) in [7, 11) is 0. The topological polar surface area (TPSA) is 73.3 Å². The lowest BCUT2D eigenvalue weighted by molar-refractivity contribution is -0.385. The Bertz CT molecular complexity index is 957. The van der Waals surface area contributed by atoms with Gasteiger partial charge in [-0.2, -0.15) is 0 Å². The first-order valence-corrected chi connectivity index (χ1v) is 6.75. The van der Waals surface area contributed by atoms with Crippen molar-refractivity contribution in [3.8, 4) is 11.1 Å². The van der Waals surface area contributed by atoms with Gasteiger partial charge in [-0.3, -0.25) is 14.9 Å². The molecule has 22 heavy (non-hydrogen) atoms. The van der Waals surface area contributed by atoms with E-state index in [1.165, 1.54) is 12.3 Å². The van der Waals surface area contributed by atoms with Crippen LogP contribution in [0.4, 0.5) is 5.69 Å². The minimum Gasteiger partial charge on any atom is -0.463 e. The predicted octanol–water partition coefficient (Wildman–Crippen LogP) is 3.99. The van der Waals surface area contributed by atoms with Crippen LogP contribution in [-0.4, -0.2) is 4.92 Å². The molecule has 0 N–H and O–H groups in total. The first-order chi connectivity index (χ1) is 10.5. The highest BCUT2D eigenvalue weighted by molar-refractivity contribution is 5.82. The fourth-order valence-electron chi connectivity index (χ4n) is 2.41. The fraction of sp³-hybridized carbons (Fsp3) is 0.118. The molecule has 0 aliphatic rings. The fourth-order valence-corrected chi connectivity index (χ4v) is 2.41. The maximum absolute atomic E-state index is 12.6. The molecule has 110 valence electrons. The normalized spacial score (nSPS) is 10.8. The Hall–Kier alpha value is -2.95. The number of rotatable bonds is 2. The Labute approximate surface area is 126 Å². The average Bonchev–Trinajstić information content (AvgIpc) is 2.48. The van der Waals surface area contributed by atoms with Crippen molar-refractivity contribution < 1.29 is 9.34 Å². The average molecular weight is 295 g/mol. The van der Waals surface area contributed by atoms with Gasteiger partial charge in [0.2, 0.25) is 0 Å². The van der Waals surface area contributed by atoms with Crippen LogP contribution in [0.5, 0.6) is 0 Å². The maximum Gasteiger partial charge on any atom is 0.272 e. The van der Waals surface area contributed by atoms with Gasteiger partial charge in [0, 0.05) is 11.6 Å². The molecular weight excluding hydrogens is 282 g/mol. The van der Waals surface area contributed by atoms with E-state index in [0.29, 0.717) is 27.7 Å². The van der Waals surface area contributed by atoms with Crippen molar-refractivity contribution >= 4 is 16.7 Å². The van der Waals surface area contributed by atoms with Crippen molar-refractivity contribution in [3.05, 3.63) is 74.1 Å². The van der Waals surface area contributed by atoms with E-state index in [1.54, 1.807) is 31.2 Å². The van der Waals surface area contributed by atoms with Crippen LogP contribution in [0.15, 0.2) is 51.9 Å². The van der Waals surface area contributed by atoms with Crippen LogP contribution < -0.4 is 5.43 Å². The van der Waals surface area contributed by atoms with Crippen LogP contribution in [-0.2, 0) is 0 Å². The van der Waals surface area contributed by atoms with Gasteiger partial charge in [0.25, 0.3) is 5.69 Å². The van der Waals surface area contributed by atoms with Gasteiger partial charge in [-0.05, 0) is 37.1 Å². The van der Waals surface area contributed by atoms with Gasteiger partial charge in [-0.1, -0.05) is 18.2 Å². The number of nitro benzene ring substituents is 1. The van der Waals surface area contributed by atoms with Crippen LogP contribution >= 0.6 is 0 Å². The molecule has 1 aromatic heterocycles. The lowest BCUT2D eigenvalue weighted by Crippen LogP contribution is -2.05. The number of nitrogens with zero attached hydrogens (tertiary/aromatic N) is 1. The molecule has 0 unspecified atom stereocenters. The highest BCUT2D eigenvalue weighted by Gasteiger charge is 2.15. The van der Waals surface area contributed by atoms with Crippen LogP contribution in [0, 0.1) is 24.0 Å². The molecule has 0 saturated carbocycles. The second-order valence-corrected chi connectivity index (χ2v) is 5.24. The summed E-state index contributed by atoms with van der Waals surface area (Å²) >= 11 is 0. The summed E-state index contributed by atoms with van der Waals surface area (Å²) < 4.78 is 5.52. The minimum atomic E-state index is -0.454. The zero-order valence-electron chi connectivity index (χ0n) is 12.1. The summed E-state index contributed by atoms with van der Waals surface area (Å²) in [5.74, 6) is 0. The Kier molecular flexibility index (Phi) is 3.25. The van der Waals surface area contributed by atoms with Crippen molar-refractivity contribution in [1.82, 2.24) is 0 Å². The van der Waals surface area contributed by atoms with E-state index in [2.05, 4.69) is 0 Å². The van der Waals surface area contributed by atoms with Crippen molar-refractivity contribution in [3.63, 3.8) is 0 Å². The SMILES string of the molecule is Cc1ccc2c(=O)c(-c3ccc(C)c([N+](=O)[O-])c3)coc2c1. The minimum absolute atomic E-state index is 0.0131. The lowest BCUT2D eigenvalue weighted by atomic mass is 10.0. The second kappa shape index (κ2) is 5.11. The summed E-state index contributed by atoms with van der Waals surface area (Å²) in [5, 5.41) is 11.5. The van der Waals surface area contributed by atoms with Crippen LogP contribution in [0.25, 0.3) is 22.1 Å². The van der Waals surface area contributed by atoms with E-state index in [9.17, 15) is 14.9 Å². The van der Waals surface area contributed by atoms with E-state index in [0.717, 1.165) is 5.56 Å². The third-order valence-corrected chi connectivity index (χ3v) is 3.65. The Morgan fingerprint density at radius 3 is 2.59 bits per heavy atom. The molecule has 0 fully saturated rings. The zero-order chi connectivity index (χ0) is 15.9. The number of benzene rings is 2. The van der Waals surface area contributed by atoms with Crippen molar-refractivity contribution in [2.45, 2.75) is 13.8 Å². The summed E-state index contributed by atoms with van der Waals surface area (Å²) in [6, 6.07) is 10.1. The predicted molar refractivity (Wildman–Crippen MR) is 84.0 cm³/mol. The van der Waals surface area contributed by atoms with E-state index in [4.69, 9.17) is 4.42 Å². The lowest BCUT2D eigenvalue weighted by Gasteiger charge is -2.05. The zero-order valence-corrected chi connectivity index (χ0v) is 12.1. The molecule has 0 saturated heterocycles. The molecule has 5 heteroatoms. The maximum atomic E-state index is 12.6. The van der Waals surface area contributed by atoms with Gasteiger partial charge >= 0.3 is 0 Å². The number of fused-ring (bicyclic) bond motifs is 1. The Balaban J connectivity index is 2.25. The van der Waals surface area contributed by atoms with Crippen LogP contribution in [0.1, 0.15) is 11.1 Å². The number of aryl methyl sites for hydroxylation is 2. The molecule has 5 nitrogen and oxygen atoms in total. The summed E-state index contributed by atoms with van der Waals surface area (Å²) in [6.45, 7) is 3.57. The largest absolute Gasteiger partial charge is 0.463 e. The smallest absolute Gasteiger partial charge is 0.272 e. The van der Waals surface area contributed by atoms with Crippen molar-refractivity contribution in [1.29, 1.82) is 0 Å². The molecule has 2 aromatic carbocycles. The third kappa shape index (κ3) is 2.26. The van der Waals surface area contributed by atoms with Gasteiger partial charge in [-0.25, -0.2) is 0 Å². The molecule has 3 aromatic rings. The first-order valence-electron chi connectivity index (χ1n) is 6.75. The molecule has 0 bridgehead atoms. The van der Waals surface area contributed by atoms with E-state index in [1.807, 2.05) is 13.0 Å². The van der Waals surface area contributed by atoms with E-state index >= 15 is 0 Å². The van der Waals surface area contributed by atoms with Crippen LogP contribution in [0.3, 0.4) is 0 Å². The Morgan fingerprint density at radius 2 is 1.86 bits per heavy atom. The highest BCUT2D eigenvalue weighted by Crippen LogP contribution is 2.26. The van der Waals surface area contributed by atoms with Crippen LogP contribution in [0.2, 0.25) is 0 Å². The van der Waals surface area contributed by atoms with E-state index < -0.39 is 4.92 Å². The van der Waals surface area contributed by atoms with Gasteiger partial charge in [0.05, 0.1) is 15.9 Å². The van der Waals surface area contributed by atoms with Gasteiger partial charge < -0.3 is 4.42 Å². The van der Waals surface area contributed by atoms with Gasteiger partial charge in [-0.15, -0.1) is 0 Å². The Morgan fingerprint density at radius 1 is 1.09 bits per heavy atom. The quantitative estimate of drug-likeness (QED) is 0.529. The first kappa shape index (κ1) is 14.0. The summed E-state index contributed by atoms with van der Waals surface area (Å²) in [5.41, 5.74) is 2.65. The second-order valence-electron chi connectivity index (χ2n) is 5.24. The number of nitro groups is 1. The monoisotopic (exact) mass is 295 g/mol. The van der Waals surface area contributed by atoms with Gasteiger partial charge in [0.1, 0.15) is 11.8 Å². The highest BCUT2D eigenvalue weighted by atomic mass is 16.6. The molecular formula is C17H13NO4. The van der Waals surface area contributed by atoms with Crippen molar-refractivity contribution in [2.75, 3.05) is 0 Å². The molecule has 0 spiro atoms. The van der Waals surface area contributed by atoms with E-state index in [-0.39, 0.29) is 11.1 Å². The third-order valence-electron chi connectivity index (χ3n) is 3.65. The van der Waals surface area contributed by atoms with Gasteiger partial charge in [0.15, 0.2) is 5.43 Å². The summed E-state index contributed by atoms with van der Waals surface area (Å²) in [4.78, 5) is 23.2. The molecule has 0 aliphatic heterocycles. The number of hydrogen-bond acceptors (Lipinski definition) is 4. The summed E-state index contributed by atoms with van der Waals surface area (Å²) in [6.07, 6.45) is 1.36. The molecule has 3 rings (SSSR count). The molecule has 0 amide bonds. The standard InChI is InChI=1S/C17H13NO4/c1-10-3-6-13-16(7-10)22-9-14(17(13)19)12-5-4-11(2)15(8-12)18(20)21/h3-9H,1-2H3. The molecule has 0 atom stereocenters.